The summed E-state index contributed by atoms with van der Waals surface area (Å²) in [5.41, 5.74) is 5.27. The maximum Gasteiger partial charge on any atom is 0.287 e. The molecule has 0 atom stereocenters. The Hall–Kier alpha value is -1.40. The largest absolute Gasteiger partial charge is 0.456 e. The molecular weight excluding hydrogens is 274 g/mol. The molecule has 0 aromatic carbocycles. The first kappa shape index (κ1) is 15.0. The summed E-state index contributed by atoms with van der Waals surface area (Å²) in [5, 5.41) is 2.98. The van der Waals surface area contributed by atoms with E-state index in [1.54, 1.807) is 6.07 Å². The molecule has 0 saturated carbocycles. The van der Waals surface area contributed by atoms with Crippen LogP contribution >= 0.6 is 12.2 Å². The molecule has 0 aliphatic carbocycles. The van der Waals surface area contributed by atoms with E-state index < -0.39 is 5.54 Å². The fraction of sp³-hybridized carbons (Fsp3) is 0.571. The second kappa shape index (κ2) is 5.93. The van der Waals surface area contributed by atoms with E-state index in [4.69, 9.17) is 22.4 Å². The number of carbonyl (C=O) groups excluding carboxylic acids is 1. The third-order valence-electron chi connectivity index (χ3n) is 3.90. The van der Waals surface area contributed by atoms with Crippen molar-refractivity contribution in [3.63, 3.8) is 0 Å². The summed E-state index contributed by atoms with van der Waals surface area (Å²) in [5.74, 6) is 0.862. The predicted molar refractivity (Wildman–Crippen MR) is 81.8 cm³/mol. The quantitative estimate of drug-likeness (QED) is 0.820. The van der Waals surface area contributed by atoms with Crippen molar-refractivity contribution < 1.29 is 9.21 Å². The van der Waals surface area contributed by atoms with Crippen LogP contribution in [0.3, 0.4) is 0 Å². The number of nitrogens with one attached hydrogen (secondary N) is 1. The van der Waals surface area contributed by atoms with Crippen LogP contribution in [-0.4, -0.2) is 41.5 Å². The number of likely N-dealkylation sites (tertiary alicyclic amines) is 1. The van der Waals surface area contributed by atoms with Gasteiger partial charge in [0.05, 0.1) is 10.5 Å². The zero-order valence-electron chi connectivity index (χ0n) is 11.9. The number of nitrogens with two attached hydrogens (primary N) is 1. The van der Waals surface area contributed by atoms with Crippen molar-refractivity contribution in [2.24, 2.45) is 5.73 Å². The van der Waals surface area contributed by atoms with Gasteiger partial charge in [0, 0.05) is 19.5 Å². The molecule has 1 aromatic heterocycles. The molecule has 20 heavy (non-hydrogen) atoms. The van der Waals surface area contributed by atoms with Gasteiger partial charge in [-0.15, -0.1) is 0 Å². The van der Waals surface area contributed by atoms with Crippen molar-refractivity contribution in [2.45, 2.75) is 31.7 Å². The number of amides is 1. The minimum absolute atomic E-state index is 0.248. The van der Waals surface area contributed by atoms with Crippen LogP contribution in [0.2, 0.25) is 0 Å². The Bertz CT molecular complexity index is 504. The van der Waals surface area contributed by atoms with Crippen LogP contribution in [-0.2, 0) is 6.42 Å². The van der Waals surface area contributed by atoms with E-state index >= 15 is 0 Å². The van der Waals surface area contributed by atoms with E-state index in [0.29, 0.717) is 10.7 Å². The number of carbonyl (C=O) groups is 1. The summed E-state index contributed by atoms with van der Waals surface area (Å²) >= 11 is 5.18. The average molecular weight is 295 g/mol. The molecule has 1 saturated heterocycles. The van der Waals surface area contributed by atoms with Crippen LogP contribution in [0.4, 0.5) is 0 Å². The molecule has 0 radical (unpaired) electrons. The fourth-order valence-corrected chi connectivity index (χ4v) is 2.66. The van der Waals surface area contributed by atoms with E-state index in [9.17, 15) is 4.79 Å². The number of thiocarbonyl (C=S) groups is 1. The first-order valence-corrected chi connectivity index (χ1v) is 7.27. The van der Waals surface area contributed by atoms with Gasteiger partial charge in [-0.1, -0.05) is 19.1 Å². The van der Waals surface area contributed by atoms with Crippen LogP contribution in [0, 0.1) is 0 Å². The van der Waals surface area contributed by atoms with Crippen LogP contribution in [0.1, 0.15) is 36.1 Å². The summed E-state index contributed by atoms with van der Waals surface area (Å²) in [6, 6.07) is 3.51. The van der Waals surface area contributed by atoms with Gasteiger partial charge in [-0.25, -0.2) is 0 Å². The monoisotopic (exact) mass is 295 g/mol. The average Bonchev–Trinajstić information content (AvgIpc) is 2.90. The van der Waals surface area contributed by atoms with Crippen LogP contribution in [0.25, 0.3) is 0 Å². The molecule has 0 bridgehead atoms. The highest BCUT2D eigenvalue weighted by Crippen LogP contribution is 2.23. The molecule has 110 valence electrons. The highest BCUT2D eigenvalue weighted by Gasteiger charge is 2.38. The highest BCUT2D eigenvalue weighted by atomic mass is 32.1. The van der Waals surface area contributed by atoms with Crippen molar-refractivity contribution >= 4 is 23.1 Å². The molecule has 1 aliphatic rings. The fourth-order valence-electron chi connectivity index (χ4n) is 2.40. The van der Waals surface area contributed by atoms with E-state index in [-0.39, 0.29) is 5.91 Å². The lowest BCUT2D eigenvalue weighted by atomic mass is 9.87. The molecule has 3 N–H and O–H groups in total. The molecule has 6 heteroatoms. The van der Waals surface area contributed by atoms with Crippen LogP contribution < -0.4 is 11.1 Å². The molecule has 1 aromatic rings. The van der Waals surface area contributed by atoms with Crippen molar-refractivity contribution in [3.8, 4) is 0 Å². The number of aryl methyl sites for hydroxylation is 1. The van der Waals surface area contributed by atoms with Gasteiger partial charge in [-0.05, 0) is 32.0 Å². The van der Waals surface area contributed by atoms with Crippen molar-refractivity contribution in [2.75, 3.05) is 20.1 Å². The maximum absolute atomic E-state index is 12.3. The van der Waals surface area contributed by atoms with Crippen LogP contribution in [0.15, 0.2) is 16.5 Å². The van der Waals surface area contributed by atoms with Crippen molar-refractivity contribution in [3.05, 3.63) is 23.7 Å². The highest BCUT2D eigenvalue weighted by molar-refractivity contribution is 7.80. The molecule has 0 unspecified atom stereocenters. The van der Waals surface area contributed by atoms with Crippen molar-refractivity contribution in [1.29, 1.82) is 0 Å². The van der Waals surface area contributed by atoms with Gasteiger partial charge < -0.3 is 20.4 Å². The lowest BCUT2D eigenvalue weighted by Gasteiger charge is -2.40. The van der Waals surface area contributed by atoms with Gasteiger partial charge in [0.1, 0.15) is 5.76 Å². The zero-order valence-corrected chi connectivity index (χ0v) is 12.8. The summed E-state index contributed by atoms with van der Waals surface area (Å²) in [4.78, 5) is 14.8. The lowest BCUT2D eigenvalue weighted by Crippen LogP contribution is -2.61. The summed E-state index contributed by atoms with van der Waals surface area (Å²) in [7, 11) is 2.05. The standard InChI is InChI=1S/C14H21N3O2S/c1-3-10-4-5-11(19-10)12(18)16-14(13(15)20)6-8-17(2)9-7-14/h4-5H,3,6-9H2,1-2H3,(H2,15,20)(H,16,18). The Morgan fingerprint density at radius 1 is 1.50 bits per heavy atom. The molecule has 0 spiro atoms. The third kappa shape index (κ3) is 3.02. The summed E-state index contributed by atoms with van der Waals surface area (Å²) in [6.45, 7) is 3.69. The Labute approximate surface area is 124 Å². The maximum atomic E-state index is 12.3. The van der Waals surface area contributed by atoms with Gasteiger partial charge in [0.15, 0.2) is 5.76 Å². The number of furan rings is 1. The van der Waals surface area contributed by atoms with Crippen molar-refractivity contribution in [1.82, 2.24) is 10.2 Å². The molecule has 5 nitrogen and oxygen atoms in total. The second-order valence-electron chi connectivity index (χ2n) is 5.32. The number of hydrogen-bond acceptors (Lipinski definition) is 4. The SMILES string of the molecule is CCc1ccc(C(=O)NC2(C(N)=S)CCN(C)CC2)o1. The topological polar surface area (TPSA) is 71.5 Å². The van der Waals surface area contributed by atoms with E-state index in [2.05, 4.69) is 10.2 Å². The number of hydrogen-bond donors (Lipinski definition) is 2. The lowest BCUT2D eigenvalue weighted by molar-refractivity contribution is 0.0860. The normalized spacial score (nSPS) is 18.7. The van der Waals surface area contributed by atoms with Crippen LogP contribution in [0.5, 0.6) is 0 Å². The van der Waals surface area contributed by atoms with Gasteiger partial charge in [0.2, 0.25) is 0 Å². The minimum atomic E-state index is -0.599. The van der Waals surface area contributed by atoms with E-state index in [0.717, 1.165) is 38.1 Å². The Kier molecular flexibility index (Phi) is 4.45. The molecular formula is C14H21N3O2S. The van der Waals surface area contributed by atoms with E-state index in [1.807, 2.05) is 20.0 Å². The molecule has 2 rings (SSSR count). The number of rotatable bonds is 4. The van der Waals surface area contributed by atoms with E-state index in [1.165, 1.54) is 0 Å². The summed E-state index contributed by atoms with van der Waals surface area (Å²) < 4.78 is 5.48. The number of nitrogens with zero attached hydrogens (tertiary/aromatic N) is 1. The molecule has 2 heterocycles. The molecule has 1 aliphatic heterocycles. The zero-order chi connectivity index (χ0) is 14.8. The Balaban J connectivity index is 2.12. The van der Waals surface area contributed by atoms with Gasteiger partial charge in [-0.2, -0.15) is 0 Å². The third-order valence-corrected chi connectivity index (χ3v) is 4.29. The van der Waals surface area contributed by atoms with Gasteiger partial charge >= 0.3 is 0 Å². The van der Waals surface area contributed by atoms with Gasteiger partial charge in [-0.3, -0.25) is 4.79 Å². The first-order valence-electron chi connectivity index (χ1n) is 6.86. The number of piperidine rings is 1. The Morgan fingerprint density at radius 2 is 2.15 bits per heavy atom. The minimum Gasteiger partial charge on any atom is -0.456 e. The smallest absolute Gasteiger partial charge is 0.287 e. The molecule has 1 fully saturated rings. The first-order chi connectivity index (χ1) is 9.47. The second-order valence-corrected chi connectivity index (χ2v) is 5.76. The Morgan fingerprint density at radius 3 is 2.65 bits per heavy atom. The predicted octanol–water partition coefficient (Wildman–Crippen LogP) is 1.32. The molecule has 1 amide bonds. The van der Waals surface area contributed by atoms with Gasteiger partial charge in [0.25, 0.3) is 5.91 Å². The summed E-state index contributed by atoms with van der Waals surface area (Å²) in [6.07, 6.45) is 2.22.